The molecule has 1 heterocycles. The normalized spacial score (nSPS) is 20.2. The lowest BCUT2D eigenvalue weighted by Gasteiger charge is -2.33. The second kappa shape index (κ2) is 15.5. The first-order valence-electron chi connectivity index (χ1n) is 22.1. The first kappa shape index (κ1) is 20.5. The second-order valence-electron chi connectivity index (χ2n) is 10.4. The Hall–Kier alpha value is -3.96. The van der Waals surface area contributed by atoms with Crippen LogP contribution in [0.1, 0.15) is 81.7 Å². The Kier molecular flexibility index (Phi) is 6.63. The van der Waals surface area contributed by atoms with E-state index in [4.69, 9.17) is 16.4 Å². The lowest BCUT2D eigenvalue weighted by molar-refractivity contribution is -0.137. The van der Waals surface area contributed by atoms with Gasteiger partial charge in [0.05, 0.1) is 21.2 Å². The van der Waals surface area contributed by atoms with Gasteiger partial charge in [-0.1, -0.05) is 74.1 Å². The van der Waals surface area contributed by atoms with Crippen molar-refractivity contribution < 1.29 is 42.9 Å². The van der Waals surface area contributed by atoms with E-state index in [1.807, 2.05) is 0 Å². The van der Waals surface area contributed by atoms with Gasteiger partial charge in [0.1, 0.15) is 12.4 Å². The van der Waals surface area contributed by atoms with Crippen molar-refractivity contribution in [2.75, 3.05) is 26.0 Å². The van der Waals surface area contributed by atoms with E-state index < -0.39 is 108 Å². The number of amides is 1. The summed E-state index contributed by atoms with van der Waals surface area (Å²) in [5.41, 5.74) is -5.20. The van der Waals surface area contributed by atoms with E-state index in [2.05, 4.69) is 4.98 Å². The fourth-order valence-electron chi connectivity index (χ4n) is 5.02. The average Bonchev–Trinajstić information content (AvgIpc) is 3.64. The highest BCUT2D eigenvalue weighted by atomic mass is 32.2. The van der Waals surface area contributed by atoms with Crippen molar-refractivity contribution in [2.24, 2.45) is 0 Å². The van der Waals surface area contributed by atoms with Crippen molar-refractivity contribution in [1.29, 1.82) is 0 Å². The highest BCUT2D eigenvalue weighted by Gasteiger charge is 2.30. The number of aromatic nitrogens is 2. The fraction of sp³-hybridized carbons (Fsp3) is 0.378. The van der Waals surface area contributed by atoms with Crippen LogP contribution in [-0.2, 0) is 36.1 Å². The Labute approximate surface area is 303 Å². The molecule has 1 unspecified atom stereocenters. The molecule has 1 amide bonds. The van der Waals surface area contributed by atoms with E-state index in [1.54, 1.807) is 0 Å². The van der Waals surface area contributed by atoms with Crippen LogP contribution in [0, 0.1) is 5.82 Å². The zero-order chi connectivity index (χ0) is 47.8. The van der Waals surface area contributed by atoms with Gasteiger partial charge in [0.15, 0.2) is 5.16 Å². The van der Waals surface area contributed by atoms with Crippen LogP contribution in [0.25, 0.3) is 11.1 Å². The molecule has 1 aromatic heterocycles. The molecular weight excluding hydrogens is 640 g/mol. The summed E-state index contributed by atoms with van der Waals surface area (Å²) < 4.78 is 185. The molecule has 6 nitrogen and oxygen atoms in total. The van der Waals surface area contributed by atoms with Crippen molar-refractivity contribution in [2.45, 2.75) is 69.6 Å². The first-order chi connectivity index (χ1) is 28.6. The molecule has 1 atom stereocenters. The van der Waals surface area contributed by atoms with E-state index in [0.717, 1.165) is 37.5 Å². The number of hydrogen-bond donors (Lipinski definition) is 0. The lowest BCUT2D eigenvalue weighted by Crippen LogP contribution is -2.42. The minimum absolute atomic E-state index is 0.0421. The number of hydrogen-bond acceptors (Lipinski definition) is 5. The number of carbonyl (C=O) groups is 1. The van der Waals surface area contributed by atoms with E-state index in [9.17, 15) is 31.3 Å². The van der Waals surface area contributed by atoms with Gasteiger partial charge in [0.25, 0.3) is 5.56 Å². The molecule has 48 heavy (non-hydrogen) atoms. The molecule has 5 rings (SSSR count). The number of alkyl halides is 3. The summed E-state index contributed by atoms with van der Waals surface area (Å²) in [4.78, 5) is 32.2. The quantitative estimate of drug-likeness (QED) is 0.0813. The maximum atomic E-state index is 15.0. The van der Waals surface area contributed by atoms with Gasteiger partial charge in [0.2, 0.25) is 5.91 Å². The SMILES string of the molecule is [2H]c1c([2H])c(C([2H])([2H])Sc2nc(=O)c3c(n2CC(=O)N(C([2H])(C)c2ccc(-c4ccc(C(F)(F)F)cc4)cc2)C([2H])([2H])C([2H])([2H])N(C([2H])([2H])C)C([2H])([2H])C)CCC3)c([2H])c([2H])c1F. The van der Waals surface area contributed by atoms with Crippen LogP contribution < -0.4 is 5.56 Å². The zero-order valence-electron chi connectivity index (χ0n) is 41.0. The molecule has 0 saturated carbocycles. The van der Waals surface area contributed by atoms with Gasteiger partial charge in [-0.15, -0.1) is 0 Å². The van der Waals surface area contributed by atoms with Gasteiger partial charge in [0, 0.05) is 40.9 Å². The Morgan fingerprint density at radius 2 is 1.65 bits per heavy atom. The number of likely N-dealkylation sites (N-methyl/N-ethyl adjacent to an activating group) is 1. The summed E-state index contributed by atoms with van der Waals surface area (Å²) >= 11 is 0.0421. The summed E-state index contributed by atoms with van der Waals surface area (Å²) in [5, 5.41) is -0.618. The molecule has 0 fully saturated rings. The fourth-order valence-corrected chi connectivity index (χ4v) is 5.73. The van der Waals surface area contributed by atoms with E-state index in [0.29, 0.717) is 17.5 Å². The molecule has 11 heteroatoms. The number of benzene rings is 3. The molecule has 0 saturated heterocycles. The summed E-state index contributed by atoms with van der Waals surface area (Å²) in [6.07, 6.45) is -4.11. The average molecular weight is 696 g/mol. The van der Waals surface area contributed by atoms with E-state index >= 15 is 0 Å². The molecule has 3 aromatic carbocycles. The van der Waals surface area contributed by atoms with Crippen LogP contribution in [-0.4, -0.2) is 51.2 Å². The molecule has 1 aliphatic carbocycles. The smallest absolute Gasteiger partial charge is 0.333 e. The zero-order valence-corrected chi connectivity index (χ0v) is 26.8. The lowest BCUT2D eigenvalue weighted by atomic mass is 9.99. The molecule has 4 aromatic rings. The predicted octanol–water partition coefficient (Wildman–Crippen LogP) is 7.78. The molecule has 0 radical (unpaired) electrons. The predicted molar refractivity (Wildman–Crippen MR) is 181 cm³/mol. The van der Waals surface area contributed by atoms with Crippen molar-refractivity contribution in [3.05, 3.63) is 117 Å². The number of rotatable bonds is 13. The largest absolute Gasteiger partial charge is 0.416 e. The maximum Gasteiger partial charge on any atom is 0.416 e. The summed E-state index contributed by atoms with van der Waals surface area (Å²) in [6, 6.07) is 1.90. The van der Waals surface area contributed by atoms with Crippen LogP contribution >= 0.6 is 11.8 Å². The van der Waals surface area contributed by atoms with Crippen molar-refractivity contribution >= 4 is 17.7 Å². The van der Waals surface area contributed by atoms with Crippen LogP contribution in [0.5, 0.6) is 0 Å². The molecule has 0 aliphatic heterocycles. The Bertz CT molecular complexity index is 2430. The Balaban J connectivity index is 1.70. The van der Waals surface area contributed by atoms with E-state index in [-0.39, 0.29) is 51.2 Å². The minimum Gasteiger partial charge on any atom is -0.333 e. The third-order valence-electron chi connectivity index (χ3n) is 7.49. The Morgan fingerprint density at radius 1 is 1.02 bits per heavy atom. The van der Waals surface area contributed by atoms with E-state index in [1.165, 1.54) is 36.4 Å². The van der Waals surface area contributed by atoms with Crippen molar-refractivity contribution in [1.82, 2.24) is 19.4 Å². The topological polar surface area (TPSA) is 58.4 Å². The molecule has 1 aliphatic rings. The summed E-state index contributed by atoms with van der Waals surface area (Å²) in [7, 11) is 0. The van der Waals surface area contributed by atoms with Gasteiger partial charge in [-0.3, -0.25) is 9.59 Å². The van der Waals surface area contributed by atoms with Crippen LogP contribution in [0.15, 0.2) is 82.7 Å². The monoisotopic (exact) mass is 695 g/mol. The highest BCUT2D eigenvalue weighted by Crippen LogP contribution is 2.32. The molecule has 0 N–H and O–H groups in total. The number of carbonyl (C=O) groups excluding carboxylic acids is 1. The van der Waals surface area contributed by atoms with Crippen molar-refractivity contribution in [3.8, 4) is 11.1 Å². The molecule has 0 spiro atoms. The number of halogens is 4. The standard InChI is InChI=1S/C37H40F4N4O2S/c1-4-43(5-2)21-22-44(25(3)27-11-13-28(14-12-27)29-15-17-30(18-16-29)37(39,40)41)34(46)23-45-33-8-6-7-32(33)35(47)42-36(45)48-24-26-9-19-31(38)20-10-26/h9-20,25H,4-8,21-24H2,1-3H3/i4D2,5D2,9D,10D,19D,20D,21D2,22D2,24D2,25D. The van der Waals surface area contributed by atoms with Gasteiger partial charge in [-0.05, 0) is 85.7 Å². The minimum atomic E-state index is -4.62. The summed E-state index contributed by atoms with van der Waals surface area (Å²) in [5.74, 6) is -3.02. The molecule has 254 valence electrons. The Morgan fingerprint density at radius 3 is 2.25 bits per heavy atom. The molecule has 0 bridgehead atoms. The van der Waals surface area contributed by atoms with Crippen LogP contribution in [0.2, 0.25) is 0 Å². The number of fused-ring (bicyclic) bond motifs is 1. The van der Waals surface area contributed by atoms with Crippen molar-refractivity contribution in [3.63, 3.8) is 0 Å². The third kappa shape index (κ3) is 8.36. The number of nitrogens with zero attached hydrogens (tertiary/aromatic N) is 4. The maximum absolute atomic E-state index is 15.0. The van der Waals surface area contributed by atoms with Gasteiger partial charge in [-0.2, -0.15) is 18.2 Å². The van der Waals surface area contributed by atoms with Crippen LogP contribution in [0.3, 0.4) is 0 Å². The van der Waals surface area contributed by atoms with Crippen LogP contribution in [0.4, 0.5) is 17.6 Å². The first-order valence-corrected chi connectivity index (χ1v) is 15.4. The van der Waals surface area contributed by atoms with Gasteiger partial charge in [-0.25, -0.2) is 4.39 Å². The second-order valence-corrected chi connectivity index (χ2v) is 11.2. The third-order valence-corrected chi connectivity index (χ3v) is 8.29. The van der Waals surface area contributed by atoms with Gasteiger partial charge < -0.3 is 14.4 Å². The molecular formula is C37H40F4N4O2S. The van der Waals surface area contributed by atoms with Gasteiger partial charge >= 0.3 is 6.18 Å². The number of thioether (sulfide) groups is 1. The highest BCUT2D eigenvalue weighted by molar-refractivity contribution is 7.98. The summed E-state index contributed by atoms with van der Waals surface area (Å²) in [6.45, 7) is -12.2.